The van der Waals surface area contributed by atoms with Gasteiger partial charge in [0.1, 0.15) is 0 Å². The SMILES string of the molecule is Sc1ccccc1NCNc1ccccc1S. The molecule has 0 spiro atoms. The molecule has 2 aromatic carbocycles. The molecule has 0 atom stereocenters. The van der Waals surface area contributed by atoms with E-state index in [4.69, 9.17) is 0 Å². The zero-order valence-corrected chi connectivity index (χ0v) is 11.0. The standard InChI is InChI=1S/C13H14N2S2/c16-12-7-3-1-5-10(12)14-9-15-11-6-2-4-8-13(11)17/h1-8,14-17H,9H2. The van der Waals surface area contributed by atoms with Crippen LogP contribution in [0.4, 0.5) is 11.4 Å². The summed E-state index contributed by atoms with van der Waals surface area (Å²) in [5.41, 5.74) is 2.03. The Morgan fingerprint density at radius 3 is 1.53 bits per heavy atom. The molecule has 0 radical (unpaired) electrons. The quantitative estimate of drug-likeness (QED) is 0.498. The third kappa shape index (κ3) is 3.35. The number of thiol groups is 2. The summed E-state index contributed by atoms with van der Waals surface area (Å²) < 4.78 is 0. The maximum absolute atomic E-state index is 4.37. The first-order chi connectivity index (χ1) is 8.27. The number of hydrogen-bond donors (Lipinski definition) is 4. The van der Waals surface area contributed by atoms with E-state index in [0.29, 0.717) is 6.67 Å². The van der Waals surface area contributed by atoms with Crippen LogP contribution in [0.25, 0.3) is 0 Å². The summed E-state index contributed by atoms with van der Waals surface area (Å²) in [6, 6.07) is 15.8. The molecule has 88 valence electrons. The van der Waals surface area contributed by atoms with Gasteiger partial charge in [-0.15, -0.1) is 25.3 Å². The van der Waals surface area contributed by atoms with E-state index in [9.17, 15) is 0 Å². The Morgan fingerprint density at radius 1 is 0.706 bits per heavy atom. The van der Waals surface area contributed by atoms with Crippen molar-refractivity contribution in [1.82, 2.24) is 0 Å². The van der Waals surface area contributed by atoms with Crippen molar-refractivity contribution in [2.24, 2.45) is 0 Å². The molecule has 2 nitrogen and oxygen atoms in total. The number of para-hydroxylation sites is 2. The average Bonchev–Trinajstić information content (AvgIpc) is 2.34. The van der Waals surface area contributed by atoms with E-state index in [-0.39, 0.29) is 0 Å². The highest BCUT2D eigenvalue weighted by molar-refractivity contribution is 7.80. The fourth-order valence-electron chi connectivity index (χ4n) is 1.48. The Hall–Kier alpha value is -1.26. The molecule has 0 aliphatic rings. The number of nitrogens with one attached hydrogen (secondary N) is 2. The van der Waals surface area contributed by atoms with Gasteiger partial charge in [-0.1, -0.05) is 24.3 Å². The van der Waals surface area contributed by atoms with Crippen LogP contribution in [-0.4, -0.2) is 6.67 Å². The Kier molecular flexibility index (Phi) is 4.23. The smallest absolute Gasteiger partial charge is 0.0850 e. The van der Waals surface area contributed by atoms with Crippen LogP contribution in [0.1, 0.15) is 0 Å². The molecule has 0 aliphatic heterocycles. The molecule has 0 fully saturated rings. The van der Waals surface area contributed by atoms with Crippen LogP contribution in [0.3, 0.4) is 0 Å². The maximum Gasteiger partial charge on any atom is 0.0850 e. The van der Waals surface area contributed by atoms with Gasteiger partial charge in [-0.25, -0.2) is 0 Å². The van der Waals surface area contributed by atoms with Crippen molar-refractivity contribution < 1.29 is 0 Å². The molecule has 0 aromatic heterocycles. The van der Waals surface area contributed by atoms with E-state index in [1.807, 2.05) is 48.5 Å². The zero-order valence-electron chi connectivity index (χ0n) is 9.22. The minimum atomic E-state index is 0.634. The Labute approximate surface area is 112 Å². The molecule has 4 heteroatoms. The lowest BCUT2D eigenvalue weighted by molar-refractivity contribution is 1.18. The summed E-state index contributed by atoms with van der Waals surface area (Å²) in [7, 11) is 0. The number of rotatable bonds is 4. The van der Waals surface area contributed by atoms with Crippen molar-refractivity contribution in [2.75, 3.05) is 17.3 Å². The lowest BCUT2D eigenvalue weighted by atomic mass is 10.3. The molecule has 0 aliphatic carbocycles. The molecule has 17 heavy (non-hydrogen) atoms. The monoisotopic (exact) mass is 262 g/mol. The fraction of sp³-hybridized carbons (Fsp3) is 0.0769. The van der Waals surface area contributed by atoms with E-state index in [2.05, 4.69) is 35.9 Å². The Bertz CT molecular complexity index is 455. The van der Waals surface area contributed by atoms with Crippen molar-refractivity contribution in [3.05, 3.63) is 48.5 Å². The summed E-state index contributed by atoms with van der Waals surface area (Å²) in [5, 5.41) is 6.53. The topological polar surface area (TPSA) is 24.1 Å². The summed E-state index contributed by atoms with van der Waals surface area (Å²) in [5.74, 6) is 0. The van der Waals surface area contributed by atoms with Crippen LogP contribution in [0.2, 0.25) is 0 Å². The Balaban J connectivity index is 1.93. The van der Waals surface area contributed by atoms with Crippen LogP contribution in [0, 0.1) is 0 Å². The van der Waals surface area contributed by atoms with Crippen LogP contribution in [-0.2, 0) is 0 Å². The predicted molar refractivity (Wildman–Crippen MR) is 79.5 cm³/mol. The molecule has 0 bridgehead atoms. The Morgan fingerprint density at radius 2 is 1.12 bits per heavy atom. The first-order valence-corrected chi connectivity index (χ1v) is 6.20. The summed E-state index contributed by atoms with van der Waals surface area (Å²) in [6.45, 7) is 0.634. The molecule has 2 N–H and O–H groups in total. The van der Waals surface area contributed by atoms with E-state index in [0.717, 1.165) is 21.2 Å². The highest BCUT2D eigenvalue weighted by atomic mass is 32.1. The zero-order chi connectivity index (χ0) is 12.1. The minimum absolute atomic E-state index is 0.634. The fourth-order valence-corrected chi connectivity index (χ4v) is 1.96. The van der Waals surface area contributed by atoms with Crippen LogP contribution in [0.15, 0.2) is 58.3 Å². The van der Waals surface area contributed by atoms with Crippen molar-refractivity contribution in [2.45, 2.75) is 9.79 Å². The van der Waals surface area contributed by atoms with E-state index in [1.165, 1.54) is 0 Å². The molecule has 0 heterocycles. The molecule has 2 aromatic rings. The molecule has 0 unspecified atom stereocenters. The van der Waals surface area contributed by atoms with Gasteiger partial charge in [0, 0.05) is 21.2 Å². The van der Waals surface area contributed by atoms with Crippen molar-refractivity contribution in [3.8, 4) is 0 Å². The highest BCUT2D eigenvalue weighted by Gasteiger charge is 1.97. The van der Waals surface area contributed by atoms with Gasteiger partial charge in [0.05, 0.1) is 6.67 Å². The lowest BCUT2D eigenvalue weighted by Crippen LogP contribution is -2.12. The second kappa shape index (κ2) is 5.89. The minimum Gasteiger partial charge on any atom is -0.367 e. The van der Waals surface area contributed by atoms with Gasteiger partial charge in [-0.2, -0.15) is 0 Å². The molecule has 0 saturated carbocycles. The van der Waals surface area contributed by atoms with Crippen LogP contribution in [0.5, 0.6) is 0 Å². The predicted octanol–water partition coefficient (Wildman–Crippen LogP) is 3.75. The van der Waals surface area contributed by atoms with Gasteiger partial charge in [-0.05, 0) is 24.3 Å². The van der Waals surface area contributed by atoms with Gasteiger partial charge >= 0.3 is 0 Å². The second-order valence-corrected chi connectivity index (χ2v) is 4.53. The first kappa shape index (κ1) is 12.2. The normalized spacial score (nSPS) is 10.0. The molecule has 2 rings (SSSR count). The van der Waals surface area contributed by atoms with Gasteiger partial charge in [-0.3, -0.25) is 0 Å². The molecular formula is C13H14N2S2. The number of anilines is 2. The van der Waals surface area contributed by atoms with Crippen LogP contribution >= 0.6 is 25.3 Å². The van der Waals surface area contributed by atoms with E-state index < -0.39 is 0 Å². The molecular weight excluding hydrogens is 248 g/mol. The maximum atomic E-state index is 4.37. The van der Waals surface area contributed by atoms with Crippen molar-refractivity contribution in [3.63, 3.8) is 0 Å². The first-order valence-electron chi connectivity index (χ1n) is 5.31. The third-order valence-electron chi connectivity index (χ3n) is 2.37. The van der Waals surface area contributed by atoms with Gasteiger partial charge in [0.15, 0.2) is 0 Å². The number of benzene rings is 2. The van der Waals surface area contributed by atoms with E-state index in [1.54, 1.807) is 0 Å². The largest absolute Gasteiger partial charge is 0.367 e. The van der Waals surface area contributed by atoms with Gasteiger partial charge in [0.2, 0.25) is 0 Å². The molecule has 0 saturated heterocycles. The van der Waals surface area contributed by atoms with Gasteiger partial charge < -0.3 is 10.6 Å². The average molecular weight is 262 g/mol. The summed E-state index contributed by atoms with van der Waals surface area (Å²) in [4.78, 5) is 1.88. The summed E-state index contributed by atoms with van der Waals surface area (Å²) in [6.07, 6.45) is 0. The van der Waals surface area contributed by atoms with Gasteiger partial charge in [0.25, 0.3) is 0 Å². The third-order valence-corrected chi connectivity index (χ3v) is 3.15. The number of hydrogen-bond acceptors (Lipinski definition) is 4. The molecule has 0 amide bonds. The van der Waals surface area contributed by atoms with Crippen molar-refractivity contribution >= 4 is 36.6 Å². The summed E-state index contributed by atoms with van der Waals surface area (Å²) >= 11 is 8.75. The van der Waals surface area contributed by atoms with E-state index >= 15 is 0 Å². The lowest BCUT2D eigenvalue weighted by Gasteiger charge is -2.12. The van der Waals surface area contributed by atoms with Crippen LogP contribution < -0.4 is 10.6 Å². The highest BCUT2D eigenvalue weighted by Crippen LogP contribution is 2.20. The van der Waals surface area contributed by atoms with Crippen molar-refractivity contribution in [1.29, 1.82) is 0 Å². The second-order valence-electron chi connectivity index (χ2n) is 3.56.